The third kappa shape index (κ3) is 8.54. The fourth-order valence-corrected chi connectivity index (χ4v) is 9.05. The van der Waals surface area contributed by atoms with Crippen molar-refractivity contribution in [2.45, 2.75) is 193 Å². The van der Waals surface area contributed by atoms with Crippen LogP contribution in [-0.4, -0.2) is 132 Å². The van der Waals surface area contributed by atoms with Crippen molar-refractivity contribution in [2.24, 2.45) is 17.8 Å². The molecule has 0 aromatic carbocycles. The number of cyclic esters (lactones) is 1. The van der Waals surface area contributed by atoms with Crippen LogP contribution in [0.1, 0.15) is 109 Å². The van der Waals surface area contributed by atoms with Gasteiger partial charge in [-0.3, -0.25) is 14.5 Å². The van der Waals surface area contributed by atoms with Crippen LogP contribution in [0.15, 0.2) is 11.3 Å². The van der Waals surface area contributed by atoms with Gasteiger partial charge in [-0.25, -0.2) is 0 Å². The molecule has 4 rings (SSSR count). The molecule has 0 aliphatic carbocycles. The quantitative estimate of drug-likeness (QED) is 0.318. The second kappa shape index (κ2) is 16.8. The monoisotopic (exact) mass is 755 g/mol. The highest BCUT2D eigenvalue weighted by Gasteiger charge is 2.56. The Morgan fingerprint density at radius 3 is 2.19 bits per heavy atom. The van der Waals surface area contributed by atoms with Crippen molar-refractivity contribution in [1.29, 1.82) is 0 Å². The van der Waals surface area contributed by atoms with Gasteiger partial charge in [0.1, 0.15) is 35.8 Å². The summed E-state index contributed by atoms with van der Waals surface area (Å²) in [6, 6.07) is -0.0782. The number of methoxy groups -OCH3 is 2. The van der Waals surface area contributed by atoms with Crippen molar-refractivity contribution in [3.63, 3.8) is 0 Å². The summed E-state index contributed by atoms with van der Waals surface area (Å²) < 4.78 is 51.1. The van der Waals surface area contributed by atoms with Crippen LogP contribution in [0, 0.1) is 17.8 Å². The number of nitrogens with zero attached hydrogens (tertiary/aromatic N) is 1. The second-order valence-electron chi connectivity index (χ2n) is 17.1. The molecule has 2 unspecified atom stereocenters. The largest absolute Gasteiger partial charge is 0.488 e. The van der Waals surface area contributed by atoms with E-state index in [1.807, 2.05) is 41.7 Å². The van der Waals surface area contributed by atoms with Gasteiger partial charge in [-0.05, 0) is 94.7 Å². The molecule has 4 aliphatic rings. The van der Waals surface area contributed by atoms with E-state index in [0.717, 1.165) is 5.57 Å². The van der Waals surface area contributed by atoms with Crippen molar-refractivity contribution in [1.82, 2.24) is 4.90 Å². The molecule has 53 heavy (non-hydrogen) atoms. The standard InChI is InChI=1S/C40H69NO12/c1-16-28-40(12,47-15)33(43)23(6)31-21(4)18-39(11,53-31)35(52-37-30(42)27(17-22(5)48-37)41(13)20(2)3)24(7)32(25(8)36(45)50-28)51-29-19-38(10,46-14)34(44)26(9)49-29/h20,22-30,32,34-35,37,42,44H,16-19H2,1-15H3/t22-,23-,24?,25-,26+,27+,28-,29+,30-,32?,34+,35-,37+,38-,39-,40-/m1/s1. The average Bonchev–Trinajstić information content (AvgIpc) is 3.43. The first-order chi connectivity index (χ1) is 24.6. The summed E-state index contributed by atoms with van der Waals surface area (Å²) in [7, 11) is 4.97. The molecule has 2 bridgehead atoms. The SMILES string of the molecule is CC[C@H]1OC(=O)[C@H](C)C(O[C@H]2C[C@@](C)(OC)[C@@H](O)[C@H](C)O2)C(C)[C@@H](O[C@@H]2O[C@H](C)C[C@H](N(C)C(C)C)[C@H]2O)[C@@]2(C)CC(C)=C(O2)[C@@H](C)C(=O)[C@]1(C)OC. The maximum absolute atomic E-state index is 14.4. The van der Waals surface area contributed by atoms with E-state index in [1.165, 1.54) is 14.2 Å². The molecule has 0 aromatic heterocycles. The minimum atomic E-state index is -1.48. The van der Waals surface area contributed by atoms with E-state index in [0.29, 0.717) is 25.0 Å². The molecular weight excluding hydrogens is 686 g/mol. The van der Waals surface area contributed by atoms with Crippen LogP contribution in [0.2, 0.25) is 0 Å². The Labute approximate surface area is 317 Å². The van der Waals surface area contributed by atoms with Crippen molar-refractivity contribution < 1.29 is 57.7 Å². The number of fused-ring (bicyclic) bond motifs is 2. The molecule has 2 N–H and O–H groups in total. The summed E-state index contributed by atoms with van der Waals surface area (Å²) >= 11 is 0. The lowest BCUT2D eigenvalue weighted by Gasteiger charge is -2.49. The number of carbonyl (C=O) groups excluding carboxylic acids is 2. The van der Waals surface area contributed by atoms with E-state index in [9.17, 15) is 19.8 Å². The van der Waals surface area contributed by atoms with Gasteiger partial charge >= 0.3 is 5.97 Å². The zero-order chi connectivity index (χ0) is 40.0. The van der Waals surface area contributed by atoms with E-state index >= 15 is 0 Å². The summed E-state index contributed by atoms with van der Waals surface area (Å²) in [5.41, 5.74) is -2.66. The Balaban J connectivity index is 1.86. The van der Waals surface area contributed by atoms with Gasteiger partial charge in [0.25, 0.3) is 0 Å². The number of hydrogen-bond donors (Lipinski definition) is 2. The maximum Gasteiger partial charge on any atom is 0.311 e. The number of carbonyl (C=O) groups is 2. The predicted octanol–water partition coefficient (Wildman–Crippen LogP) is 4.53. The lowest BCUT2D eigenvalue weighted by Crippen LogP contribution is -2.61. The van der Waals surface area contributed by atoms with Crippen molar-refractivity contribution in [3.05, 3.63) is 11.3 Å². The first kappa shape index (κ1) is 44.0. The molecule has 0 amide bonds. The summed E-state index contributed by atoms with van der Waals surface area (Å²) in [5.74, 6) is -2.59. The molecule has 3 fully saturated rings. The minimum Gasteiger partial charge on any atom is -0.488 e. The van der Waals surface area contributed by atoms with Gasteiger partial charge in [0.2, 0.25) is 0 Å². The van der Waals surface area contributed by atoms with Gasteiger partial charge in [-0.15, -0.1) is 0 Å². The summed E-state index contributed by atoms with van der Waals surface area (Å²) in [5, 5.41) is 22.8. The molecule has 3 saturated heterocycles. The number of ketones is 1. The minimum absolute atomic E-state index is 0.164. The average molecular weight is 756 g/mol. The molecule has 0 saturated carbocycles. The normalized spacial score (nSPS) is 46.1. The molecule has 13 heteroatoms. The highest BCUT2D eigenvalue weighted by molar-refractivity contribution is 5.92. The van der Waals surface area contributed by atoms with Crippen LogP contribution >= 0.6 is 0 Å². The number of aliphatic hydroxyl groups excluding tert-OH is 2. The highest BCUT2D eigenvalue weighted by Crippen LogP contribution is 2.47. The molecule has 0 radical (unpaired) electrons. The van der Waals surface area contributed by atoms with Gasteiger partial charge in [-0.1, -0.05) is 13.8 Å². The van der Waals surface area contributed by atoms with E-state index in [1.54, 1.807) is 34.6 Å². The van der Waals surface area contributed by atoms with Gasteiger partial charge < -0.3 is 48.1 Å². The molecule has 0 spiro atoms. The fraction of sp³-hybridized carbons (Fsp3) is 0.900. The number of aliphatic hydroxyl groups is 2. The molecule has 4 aliphatic heterocycles. The van der Waals surface area contributed by atoms with E-state index in [-0.39, 0.29) is 30.4 Å². The van der Waals surface area contributed by atoms with Crippen LogP contribution in [0.25, 0.3) is 0 Å². The number of Topliss-reactive ketones (excluding diaryl/α,β-unsaturated/α-hetero) is 1. The fourth-order valence-electron chi connectivity index (χ4n) is 9.05. The lowest BCUT2D eigenvalue weighted by molar-refractivity contribution is -0.317. The Hall–Kier alpha value is -1.68. The third-order valence-electron chi connectivity index (χ3n) is 12.8. The Kier molecular flexibility index (Phi) is 14.0. The van der Waals surface area contributed by atoms with Crippen LogP contribution in [0.5, 0.6) is 0 Å². The summed E-state index contributed by atoms with van der Waals surface area (Å²) in [6.45, 7) is 22.5. The first-order valence-electron chi connectivity index (χ1n) is 19.5. The van der Waals surface area contributed by atoms with Crippen LogP contribution in [0.3, 0.4) is 0 Å². The maximum atomic E-state index is 14.4. The molecule has 0 aromatic rings. The topological polar surface area (TPSA) is 152 Å². The van der Waals surface area contributed by atoms with Gasteiger partial charge in [0.05, 0.1) is 35.7 Å². The zero-order valence-electron chi connectivity index (χ0n) is 34.8. The Bertz CT molecular complexity index is 1330. The number of allylic oxidation sites excluding steroid dienone is 1. The second-order valence-corrected chi connectivity index (χ2v) is 17.1. The smallest absolute Gasteiger partial charge is 0.311 e. The predicted molar refractivity (Wildman–Crippen MR) is 197 cm³/mol. The molecule has 16 atom stereocenters. The summed E-state index contributed by atoms with van der Waals surface area (Å²) in [6.07, 6.45) is -5.84. The van der Waals surface area contributed by atoms with E-state index in [4.69, 9.17) is 37.9 Å². The van der Waals surface area contributed by atoms with Gasteiger partial charge in [0, 0.05) is 45.1 Å². The molecule has 4 heterocycles. The van der Waals surface area contributed by atoms with Crippen LogP contribution in [0.4, 0.5) is 0 Å². The van der Waals surface area contributed by atoms with Gasteiger partial charge in [0.15, 0.2) is 24.0 Å². The summed E-state index contributed by atoms with van der Waals surface area (Å²) in [4.78, 5) is 30.8. The van der Waals surface area contributed by atoms with Gasteiger partial charge in [-0.2, -0.15) is 0 Å². The molecular formula is C40H69NO12. The zero-order valence-corrected chi connectivity index (χ0v) is 34.8. The third-order valence-corrected chi connectivity index (χ3v) is 12.8. The number of ether oxygens (including phenoxy) is 8. The molecule has 13 nitrogen and oxygen atoms in total. The van der Waals surface area contributed by atoms with Crippen molar-refractivity contribution in [3.8, 4) is 0 Å². The van der Waals surface area contributed by atoms with E-state index < -0.39 is 89.7 Å². The van der Waals surface area contributed by atoms with Crippen LogP contribution in [-0.2, 0) is 47.5 Å². The van der Waals surface area contributed by atoms with Crippen molar-refractivity contribution in [2.75, 3.05) is 21.3 Å². The lowest BCUT2D eigenvalue weighted by atomic mass is 9.79. The van der Waals surface area contributed by atoms with E-state index in [2.05, 4.69) is 18.7 Å². The number of likely N-dealkylation sites (N-methyl/N-ethyl adjacent to an activating group) is 1. The number of hydrogen-bond acceptors (Lipinski definition) is 13. The van der Waals surface area contributed by atoms with Crippen LogP contribution < -0.4 is 0 Å². The highest BCUT2D eigenvalue weighted by atomic mass is 16.7. The molecule has 306 valence electrons. The Morgan fingerprint density at radius 2 is 1.62 bits per heavy atom. The number of rotatable bonds is 9. The van der Waals surface area contributed by atoms with Crippen molar-refractivity contribution >= 4 is 11.8 Å². The first-order valence-corrected chi connectivity index (χ1v) is 19.5. The number of esters is 1. The Morgan fingerprint density at radius 1 is 0.981 bits per heavy atom.